The fourth-order valence-electron chi connectivity index (χ4n) is 1.22. The van der Waals surface area contributed by atoms with Crippen LogP contribution in [0.2, 0.25) is 0 Å². The lowest BCUT2D eigenvalue weighted by Gasteiger charge is -1.97. The number of hydrogen-bond donors (Lipinski definition) is 2. The van der Waals surface area contributed by atoms with E-state index in [1.54, 1.807) is 17.8 Å². The molecule has 0 aromatic carbocycles. The van der Waals surface area contributed by atoms with E-state index in [4.69, 9.17) is 10.8 Å². The maximum Gasteiger partial charge on any atom is 0.342 e. The van der Waals surface area contributed by atoms with E-state index < -0.39 is 5.97 Å². The molecule has 16 heavy (non-hydrogen) atoms. The maximum absolute atomic E-state index is 11.0. The number of carbonyl (C=O) groups is 1. The van der Waals surface area contributed by atoms with Crippen LogP contribution in [0.4, 0.5) is 5.82 Å². The summed E-state index contributed by atoms with van der Waals surface area (Å²) in [7, 11) is 0. The Bertz CT molecular complexity index is 520. The van der Waals surface area contributed by atoms with Crippen LogP contribution in [0.3, 0.4) is 0 Å². The van der Waals surface area contributed by atoms with Crippen LogP contribution >= 0.6 is 23.1 Å². The third kappa shape index (κ3) is 1.65. The summed E-state index contributed by atoms with van der Waals surface area (Å²) in [4.78, 5) is 15.1. The fourth-order valence-corrected chi connectivity index (χ4v) is 2.38. The first-order chi connectivity index (χ1) is 7.65. The van der Waals surface area contributed by atoms with Gasteiger partial charge >= 0.3 is 5.97 Å². The van der Waals surface area contributed by atoms with Crippen molar-refractivity contribution >= 4 is 34.9 Å². The monoisotopic (exact) mass is 256 g/mol. The molecule has 0 saturated carbocycles. The van der Waals surface area contributed by atoms with Crippen molar-refractivity contribution in [3.05, 3.63) is 17.1 Å². The molecule has 2 aromatic heterocycles. The molecule has 0 saturated heterocycles. The summed E-state index contributed by atoms with van der Waals surface area (Å²) in [6.07, 6.45) is 3.36. The van der Waals surface area contributed by atoms with Crippen LogP contribution in [0.5, 0.6) is 0 Å². The lowest BCUT2D eigenvalue weighted by atomic mass is 10.3. The molecule has 8 heteroatoms. The van der Waals surface area contributed by atoms with Gasteiger partial charge in [0.15, 0.2) is 0 Å². The minimum atomic E-state index is -1.08. The molecular weight excluding hydrogens is 248 g/mol. The first kappa shape index (κ1) is 11.0. The summed E-state index contributed by atoms with van der Waals surface area (Å²) in [5.74, 6) is -0.976. The third-order valence-corrected chi connectivity index (χ3v) is 3.32. The van der Waals surface area contributed by atoms with Crippen molar-refractivity contribution in [2.75, 3.05) is 12.0 Å². The van der Waals surface area contributed by atoms with Crippen molar-refractivity contribution in [1.29, 1.82) is 0 Å². The van der Waals surface area contributed by atoms with E-state index in [9.17, 15) is 4.79 Å². The van der Waals surface area contributed by atoms with Gasteiger partial charge in [-0.25, -0.2) is 9.78 Å². The molecule has 2 heterocycles. The number of hydrogen-bond acceptors (Lipinski definition) is 6. The van der Waals surface area contributed by atoms with E-state index in [-0.39, 0.29) is 11.4 Å². The van der Waals surface area contributed by atoms with Crippen molar-refractivity contribution < 1.29 is 9.90 Å². The Balaban J connectivity index is 2.61. The van der Waals surface area contributed by atoms with Crippen LogP contribution in [0.15, 0.2) is 16.6 Å². The Morgan fingerprint density at radius 1 is 1.69 bits per heavy atom. The number of carboxylic acid groups (broad SMARTS) is 1. The van der Waals surface area contributed by atoms with E-state index >= 15 is 0 Å². The Morgan fingerprint density at radius 2 is 2.44 bits per heavy atom. The van der Waals surface area contributed by atoms with E-state index in [0.717, 1.165) is 0 Å². The van der Waals surface area contributed by atoms with Gasteiger partial charge in [-0.2, -0.15) is 9.78 Å². The minimum Gasteiger partial charge on any atom is -0.477 e. The van der Waals surface area contributed by atoms with Gasteiger partial charge in [0.25, 0.3) is 0 Å². The van der Waals surface area contributed by atoms with Crippen molar-refractivity contribution in [3.8, 4) is 5.13 Å². The lowest BCUT2D eigenvalue weighted by molar-refractivity contribution is 0.0694. The van der Waals surface area contributed by atoms with E-state index in [1.165, 1.54) is 27.8 Å². The molecule has 2 aromatic rings. The van der Waals surface area contributed by atoms with Crippen LogP contribution in [-0.2, 0) is 0 Å². The van der Waals surface area contributed by atoms with Gasteiger partial charge in [-0.05, 0) is 6.26 Å². The number of nitrogens with two attached hydrogens (primary N) is 1. The predicted octanol–water partition coefficient (Wildman–Crippen LogP) is 1.33. The smallest absolute Gasteiger partial charge is 0.342 e. The van der Waals surface area contributed by atoms with Gasteiger partial charge in [-0.15, -0.1) is 23.1 Å². The SMILES string of the molecule is CSc1nn(-c2nccs2)c(N)c1C(=O)O. The van der Waals surface area contributed by atoms with Crippen molar-refractivity contribution in [3.63, 3.8) is 0 Å². The van der Waals surface area contributed by atoms with Gasteiger partial charge in [0, 0.05) is 11.6 Å². The molecule has 0 aliphatic carbocycles. The first-order valence-electron chi connectivity index (χ1n) is 4.20. The second-order valence-corrected chi connectivity index (χ2v) is 4.47. The summed E-state index contributed by atoms with van der Waals surface area (Å²) in [6.45, 7) is 0. The van der Waals surface area contributed by atoms with E-state index in [2.05, 4.69) is 10.1 Å². The number of rotatable bonds is 3. The van der Waals surface area contributed by atoms with Gasteiger partial charge in [-0.3, -0.25) is 0 Å². The summed E-state index contributed by atoms with van der Waals surface area (Å²) < 4.78 is 1.35. The molecule has 6 nitrogen and oxygen atoms in total. The van der Waals surface area contributed by atoms with Crippen LogP contribution in [0.25, 0.3) is 5.13 Å². The Kier molecular flexibility index (Phi) is 2.84. The largest absolute Gasteiger partial charge is 0.477 e. The lowest BCUT2D eigenvalue weighted by Crippen LogP contribution is -2.05. The number of carboxylic acids is 1. The standard InChI is InChI=1S/C8H8N4O2S2/c1-15-6-4(7(13)14)5(9)12(11-6)8-10-2-3-16-8/h2-3H,9H2,1H3,(H,13,14). The van der Waals surface area contributed by atoms with Crippen molar-refractivity contribution in [2.45, 2.75) is 5.03 Å². The minimum absolute atomic E-state index is 0.0303. The highest BCUT2D eigenvalue weighted by Gasteiger charge is 2.22. The average Bonchev–Trinajstić information content (AvgIpc) is 2.83. The molecule has 0 spiro atoms. The molecular formula is C8H8N4O2S2. The molecule has 0 bridgehead atoms. The predicted molar refractivity (Wildman–Crippen MR) is 62.4 cm³/mol. The van der Waals surface area contributed by atoms with Crippen LogP contribution in [0, 0.1) is 0 Å². The van der Waals surface area contributed by atoms with Crippen molar-refractivity contribution in [2.24, 2.45) is 0 Å². The number of nitrogen functional groups attached to an aromatic ring is 1. The van der Waals surface area contributed by atoms with Gasteiger partial charge in [0.05, 0.1) is 0 Å². The van der Waals surface area contributed by atoms with E-state index in [0.29, 0.717) is 10.2 Å². The van der Waals surface area contributed by atoms with E-state index in [1.807, 2.05) is 0 Å². The molecule has 0 amide bonds. The van der Waals surface area contributed by atoms with Gasteiger partial charge in [0.2, 0.25) is 5.13 Å². The highest BCUT2D eigenvalue weighted by atomic mass is 32.2. The first-order valence-corrected chi connectivity index (χ1v) is 6.31. The fraction of sp³-hybridized carbons (Fsp3) is 0.125. The highest BCUT2D eigenvalue weighted by molar-refractivity contribution is 7.98. The Labute approximate surface area is 99.1 Å². The summed E-state index contributed by atoms with van der Waals surface area (Å²) in [5, 5.41) is 15.9. The summed E-state index contributed by atoms with van der Waals surface area (Å²) in [6, 6.07) is 0. The Morgan fingerprint density at radius 3 is 2.88 bits per heavy atom. The maximum atomic E-state index is 11.0. The molecule has 0 fully saturated rings. The second kappa shape index (κ2) is 4.14. The number of aromatic carboxylic acids is 1. The van der Waals surface area contributed by atoms with Gasteiger partial charge < -0.3 is 10.8 Å². The topological polar surface area (TPSA) is 94.0 Å². The number of aromatic nitrogens is 3. The molecule has 0 aliphatic rings. The van der Waals surface area contributed by atoms with Crippen LogP contribution in [0.1, 0.15) is 10.4 Å². The highest BCUT2D eigenvalue weighted by Crippen LogP contribution is 2.27. The average molecular weight is 256 g/mol. The zero-order valence-electron chi connectivity index (χ0n) is 8.25. The number of anilines is 1. The number of thiazole rings is 1. The molecule has 2 rings (SSSR count). The molecule has 84 valence electrons. The zero-order valence-corrected chi connectivity index (χ0v) is 9.88. The molecule has 0 radical (unpaired) electrons. The Hall–Kier alpha value is -1.54. The van der Waals surface area contributed by atoms with Gasteiger partial charge in [0.1, 0.15) is 16.4 Å². The summed E-state index contributed by atoms with van der Waals surface area (Å²) >= 11 is 2.58. The summed E-state index contributed by atoms with van der Waals surface area (Å²) in [5.41, 5.74) is 5.78. The molecule has 0 atom stereocenters. The van der Waals surface area contributed by atoms with Gasteiger partial charge in [-0.1, -0.05) is 0 Å². The quantitative estimate of drug-likeness (QED) is 0.805. The normalized spacial score (nSPS) is 10.6. The third-order valence-electron chi connectivity index (χ3n) is 1.90. The zero-order chi connectivity index (χ0) is 11.7. The van der Waals surface area contributed by atoms with Crippen LogP contribution in [-0.4, -0.2) is 32.1 Å². The molecule has 0 unspecified atom stereocenters. The van der Waals surface area contributed by atoms with Crippen LogP contribution < -0.4 is 5.73 Å². The van der Waals surface area contributed by atoms with Crippen molar-refractivity contribution in [1.82, 2.24) is 14.8 Å². The number of thioether (sulfide) groups is 1. The second-order valence-electron chi connectivity index (χ2n) is 2.80. The number of nitrogens with zero attached hydrogens (tertiary/aromatic N) is 3. The molecule has 0 aliphatic heterocycles. The molecule has 3 N–H and O–H groups in total.